The molecule has 0 radical (unpaired) electrons. The van der Waals surface area contributed by atoms with Gasteiger partial charge in [-0.2, -0.15) is 5.26 Å². The number of carbonyl (C=O) groups is 1. The Labute approximate surface area is 114 Å². The predicted molar refractivity (Wildman–Crippen MR) is 72.5 cm³/mol. The monoisotopic (exact) mass is 257 g/mol. The molecule has 2 unspecified atom stereocenters. The van der Waals surface area contributed by atoms with E-state index in [1.807, 2.05) is 12.1 Å². The fraction of sp³-hybridized carbons (Fsp3) is 0.500. The molecule has 1 aromatic carbocycles. The molecule has 1 heterocycles. The van der Waals surface area contributed by atoms with Gasteiger partial charge in [0.05, 0.1) is 17.6 Å². The molecule has 1 saturated heterocycles. The quantitative estimate of drug-likeness (QED) is 0.775. The molecule has 0 aromatic heterocycles. The second kappa shape index (κ2) is 6.38. The van der Waals surface area contributed by atoms with Gasteiger partial charge < -0.3 is 4.74 Å². The van der Waals surface area contributed by atoms with E-state index in [0.717, 1.165) is 37.7 Å². The lowest BCUT2D eigenvalue weighted by Crippen LogP contribution is -2.29. The van der Waals surface area contributed by atoms with Gasteiger partial charge in [-0.05, 0) is 37.0 Å². The Morgan fingerprint density at radius 1 is 1.32 bits per heavy atom. The van der Waals surface area contributed by atoms with Crippen LogP contribution in [0.4, 0.5) is 0 Å². The number of carbonyl (C=O) groups excluding carboxylic acids is 1. The molecule has 3 nitrogen and oxygen atoms in total. The maximum atomic E-state index is 12.0. The van der Waals surface area contributed by atoms with Gasteiger partial charge in [-0.15, -0.1) is 0 Å². The van der Waals surface area contributed by atoms with Crippen LogP contribution in [-0.4, -0.2) is 12.1 Å². The number of nitrogens with zero attached hydrogens (tertiary/aromatic N) is 1. The highest BCUT2D eigenvalue weighted by molar-refractivity contribution is 5.79. The zero-order valence-electron chi connectivity index (χ0n) is 11.3. The van der Waals surface area contributed by atoms with Crippen LogP contribution in [0.3, 0.4) is 0 Å². The van der Waals surface area contributed by atoms with Crippen LogP contribution in [0, 0.1) is 11.3 Å². The molecular weight excluding hydrogens is 238 g/mol. The molecular formula is C16H19NO2. The Morgan fingerprint density at radius 3 is 2.63 bits per heavy atom. The van der Waals surface area contributed by atoms with Crippen LogP contribution in [0.1, 0.15) is 56.1 Å². The van der Waals surface area contributed by atoms with E-state index in [0.29, 0.717) is 5.56 Å². The minimum Gasteiger partial charge on any atom is -0.462 e. The molecule has 100 valence electrons. The summed E-state index contributed by atoms with van der Waals surface area (Å²) in [6, 6.07) is 9.31. The van der Waals surface area contributed by atoms with Crippen molar-refractivity contribution in [3.05, 3.63) is 35.4 Å². The second-order valence-electron chi connectivity index (χ2n) is 5.06. The van der Waals surface area contributed by atoms with Gasteiger partial charge in [0, 0.05) is 0 Å². The lowest BCUT2D eigenvalue weighted by atomic mass is 9.89. The van der Waals surface area contributed by atoms with Gasteiger partial charge in [-0.25, -0.2) is 0 Å². The van der Waals surface area contributed by atoms with Gasteiger partial charge in [0.1, 0.15) is 6.10 Å². The summed E-state index contributed by atoms with van der Waals surface area (Å²) in [6.45, 7) is 2.14. The number of ether oxygens (including phenoxy) is 1. The lowest BCUT2D eigenvalue weighted by molar-refractivity contribution is -0.156. The topological polar surface area (TPSA) is 50.1 Å². The van der Waals surface area contributed by atoms with Crippen LogP contribution in [0.2, 0.25) is 0 Å². The fourth-order valence-corrected chi connectivity index (χ4v) is 2.50. The Bertz CT molecular complexity index is 473. The standard InChI is InChI=1S/C16H19NO2/c1-2-3-4-14-9-10-15(16(18)19-14)13-7-5-12(11-17)6-8-13/h5-8,14-15H,2-4,9-10H2,1H3. The maximum Gasteiger partial charge on any atom is 0.313 e. The van der Waals surface area contributed by atoms with Crippen molar-refractivity contribution in [1.82, 2.24) is 0 Å². The van der Waals surface area contributed by atoms with Crippen LogP contribution in [-0.2, 0) is 9.53 Å². The van der Waals surface area contributed by atoms with Crippen molar-refractivity contribution in [3.63, 3.8) is 0 Å². The van der Waals surface area contributed by atoms with Crippen LogP contribution < -0.4 is 0 Å². The summed E-state index contributed by atoms with van der Waals surface area (Å²) in [5, 5.41) is 8.77. The van der Waals surface area contributed by atoms with Crippen molar-refractivity contribution in [2.24, 2.45) is 0 Å². The van der Waals surface area contributed by atoms with Crippen molar-refractivity contribution in [2.45, 2.75) is 51.0 Å². The summed E-state index contributed by atoms with van der Waals surface area (Å²) < 4.78 is 5.51. The maximum absolute atomic E-state index is 12.0. The number of benzene rings is 1. The van der Waals surface area contributed by atoms with E-state index in [9.17, 15) is 4.79 Å². The summed E-state index contributed by atoms with van der Waals surface area (Å²) in [6.07, 6.45) is 5.10. The van der Waals surface area contributed by atoms with Crippen molar-refractivity contribution in [2.75, 3.05) is 0 Å². The van der Waals surface area contributed by atoms with Gasteiger partial charge in [0.15, 0.2) is 0 Å². The van der Waals surface area contributed by atoms with E-state index < -0.39 is 0 Å². The smallest absolute Gasteiger partial charge is 0.313 e. The zero-order valence-corrected chi connectivity index (χ0v) is 11.3. The fourth-order valence-electron chi connectivity index (χ4n) is 2.50. The lowest BCUT2D eigenvalue weighted by Gasteiger charge is -2.28. The number of rotatable bonds is 4. The minimum atomic E-state index is -0.161. The molecule has 0 saturated carbocycles. The second-order valence-corrected chi connectivity index (χ2v) is 5.06. The molecule has 1 aromatic rings. The summed E-state index contributed by atoms with van der Waals surface area (Å²) >= 11 is 0. The zero-order chi connectivity index (χ0) is 13.7. The van der Waals surface area contributed by atoms with Gasteiger partial charge in [0.2, 0.25) is 0 Å². The van der Waals surface area contributed by atoms with Crippen molar-refractivity contribution in [3.8, 4) is 6.07 Å². The first-order valence-electron chi connectivity index (χ1n) is 6.95. The Balaban J connectivity index is 1.99. The van der Waals surface area contributed by atoms with E-state index in [1.165, 1.54) is 0 Å². The van der Waals surface area contributed by atoms with E-state index in [1.54, 1.807) is 12.1 Å². The predicted octanol–water partition coefficient (Wildman–Crippen LogP) is 3.54. The highest BCUT2D eigenvalue weighted by Crippen LogP contribution is 2.31. The SMILES string of the molecule is CCCCC1CCC(c2ccc(C#N)cc2)C(=O)O1. The highest BCUT2D eigenvalue weighted by Gasteiger charge is 2.30. The number of hydrogen-bond acceptors (Lipinski definition) is 3. The normalized spacial score (nSPS) is 22.6. The first kappa shape index (κ1) is 13.6. The Kier molecular flexibility index (Phi) is 4.57. The summed E-state index contributed by atoms with van der Waals surface area (Å²) in [5.74, 6) is -0.275. The van der Waals surface area contributed by atoms with Crippen LogP contribution in [0.15, 0.2) is 24.3 Å². The molecule has 0 N–H and O–H groups in total. The van der Waals surface area contributed by atoms with Gasteiger partial charge in [-0.1, -0.05) is 31.9 Å². The van der Waals surface area contributed by atoms with Gasteiger partial charge >= 0.3 is 5.97 Å². The first-order chi connectivity index (χ1) is 9.24. The third-order valence-corrected chi connectivity index (χ3v) is 3.67. The molecule has 0 bridgehead atoms. The van der Waals surface area contributed by atoms with E-state index >= 15 is 0 Å². The van der Waals surface area contributed by atoms with Crippen LogP contribution >= 0.6 is 0 Å². The number of nitriles is 1. The molecule has 1 aliphatic rings. The average Bonchev–Trinajstić information content (AvgIpc) is 2.45. The third kappa shape index (κ3) is 3.35. The number of esters is 1. The first-order valence-corrected chi connectivity index (χ1v) is 6.95. The van der Waals surface area contributed by atoms with Crippen molar-refractivity contribution >= 4 is 5.97 Å². The van der Waals surface area contributed by atoms with Gasteiger partial charge in [-0.3, -0.25) is 4.79 Å². The molecule has 2 atom stereocenters. The van der Waals surface area contributed by atoms with E-state index in [-0.39, 0.29) is 18.0 Å². The molecule has 19 heavy (non-hydrogen) atoms. The molecule has 0 aliphatic carbocycles. The Morgan fingerprint density at radius 2 is 2.05 bits per heavy atom. The summed E-state index contributed by atoms with van der Waals surface area (Å²) in [4.78, 5) is 12.0. The largest absolute Gasteiger partial charge is 0.462 e. The van der Waals surface area contributed by atoms with E-state index in [2.05, 4.69) is 13.0 Å². The van der Waals surface area contributed by atoms with Crippen molar-refractivity contribution < 1.29 is 9.53 Å². The number of hydrogen-bond donors (Lipinski definition) is 0. The minimum absolute atomic E-state index is 0.0991. The third-order valence-electron chi connectivity index (χ3n) is 3.67. The Hall–Kier alpha value is -1.82. The number of cyclic esters (lactones) is 1. The van der Waals surface area contributed by atoms with Gasteiger partial charge in [0.25, 0.3) is 0 Å². The molecule has 0 amide bonds. The summed E-state index contributed by atoms with van der Waals surface area (Å²) in [5.41, 5.74) is 1.58. The van der Waals surface area contributed by atoms with Crippen molar-refractivity contribution in [1.29, 1.82) is 5.26 Å². The molecule has 0 spiro atoms. The summed E-state index contributed by atoms with van der Waals surface area (Å²) in [7, 11) is 0. The van der Waals surface area contributed by atoms with Crippen LogP contribution in [0.5, 0.6) is 0 Å². The van der Waals surface area contributed by atoms with E-state index in [4.69, 9.17) is 10.00 Å². The van der Waals surface area contributed by atoms with Crippen LogP contribution in [0.25, 0.3) is 0 Å². The highest BCUT2D eigenvalue weighted by atomic mass is 16.5. The molecule has 1 aliphatic heterocycles. The molecule has 2 rings (SSSR count). The molecule has 3 heteroatoms. The molecule has 1 fully saturated rings. The average molecular weight is 257 g/mol. The number of unbranched alkanes of at least 4 members (excludes halogenated alkanes) is 1.